The molecule has 2 saturated carbocycles. The standard InChI is InChI=1S/C19H36N2/c1-2-14-20-17-8-4-5-9-18(17)21-15-12-19(13-16-21)10-6-3-7-11-19/h17-18,20H,2-16H2,1H3. The van der Waals surface area contributed by atoms with Gasteiger partial charge in [0.05, 0.1) is 0 Å². The first-order valence-corrected chi connectivity index (χ1v) is 9.80. The Morgan fingerprint density at radius 3 is 2.33 bits per heavy atom. The van der Waals surface area contributed by atoms with Crippen LogP contribution in [0.5, 0.6) is 0 Å². The van der Waals surface area contributed by atoms with Crippen LogP contribution in [0.3, 0.4) is 0 Å². The molecule has 1 saturated heterocycles. The van der Waals surface area contributed by atoms with E-state index in [1.807, 2.05) is 0 Å². The van der Waals surface area contributed by atoms with Gasteiger partial charge in [-0.3, -0.25) is 4.90 Å². The Balaban J connectivity index is 1.54. The molecule has 0 bridgehead atoms. The van der Waals surface area contributed by atoms with E-state index < -0.39 is 0 Å². The van der Waals surface area contributed by atoms with Crippen LogP contribution in [0.15, 0.2) is 0 Å². The molecule has 0 amide bonds. The van der Waals surface area contributed by atoms with Gasteiger partial charge < -0.3 is 5.32 Å². The van der Waals surface area contributed by atoms with Gasteiger partial charge in [-0.1, -0.05) is 39.0 Å². The fourth-order valence-corrected chi connectivity index (χ4v) is 5.25. The van der Waals surface area contributed by atoms with Crippen molar-refractivity contribution < 1.29 is 0 Å². The summed E-state index contributed by atoms with van der Waals surface area (Å²) in [6, 6.07) is 1.62. The molecule has 3 fully saturated rings. The lowest BCUT2D eigenvalue weighted by Crippen LogP contribution is -2.55. The summed E-state index contributed by atoms with van der Waals surface area (Å²) in [5.41, 5.74) is 0.760. The van der Waals surface area contributed by atoms with Crippen LogP contribution in [-0.2, 0) is 0 Å². The highest BCUT2D eigenvalue weighted by molar-refractivity contribution is 4.94. The number of piperidine rings is 1. The minimum Gasteiger partial charge on any atom is -0.312 e. The Bertz CT molecular complexity index is 299. The van der Waals surface area contributed by atoms with E-state index >= 15 is 0 Å². The Morgan fingerprint density at radius 2 is 1.62 bits per heavy atom. The summed E-state index contributed by atoms with van der Waals surface area (Å²) in [5.74, 6) is 0. The Kier molecular flexibility index (Phi) is 5.61. The van der Waals surface area contributed by atoms with Crippen molar-refractivity contribution in [2.24, 2.45) is 5.41 Å². The number of nitrogens with zero attached hydrogens (tertiary/aromatic N) is 1. The molecule has 1 aliphatic heterocycles. The number of nitrogens with one attached hydrogen (secondary N) is 1. The quantitative estimate of drug-likeness (QED) is 0.829. The molecule has 3 aliphatic rings. The van der Waals surface area contributed by atoms with E-state index in [2.05, 4.69) is 17.1 Å². The van der Waals surface area contributed by atoms with Crippen molar-refractivity contribution in [2.75, 3.05) is 19.6 Å². The molecule has 21 heavy (non-hydrogen) atoms. The van der Waals surface area contributed by atoms with Crippen LogP contribution in [0.25, 0.3) is 0 Å². The van der Waals surface area contributed by atoms with Gasteiger partial charge >= 0.3 is 0 Å². The van der Waals surface area contributed by atoms with Gasteiger partial charge in [-0.2, -0.15) is 0 Å². The van der Waals surface area contributed by atoms with Crippen LogP contribution in [0.2, 0.25) is 0 Å². The van der Waals surface area contributed by atoms with Crippen molar-refractivity contribution >= 4 is 0 Å². The molecule has 2 heteroatoms. The predicted molar refractivity (Wildman–Crippen MR) is 90.7 cm³/mol. The summed E-state index contributed by atoms with van der Waals surface area (Å²) >= 11 is 0. The topological polar surface area (TPSA) is 15.3 Å². The second-order valence-corrected chi connectivity index (χ2v) is 8.01. The van der Waals surface area contributed by atoms with Gasteiger partial charge in [0.2, 0.25) is 0 Å². The Hall–Kier alpha value is -0.0800. The van der Waals surface area contributed by atoms with Gasteiger partial charge in [-0.15, -0.1) is 0 Å². The molecule has 0 aromatic carbocycles. The molecule has 1 heterocycles. The average Bonchev–Trinajstić information content (AvgIpc) is 2.55. The zero-order chi connectivity index (χ0) is 14.5. The van der Waals surface area contributed by atoms with Crippen LogP contribution in [0, 0.1) is 5.41 Å². The Labute approximate surface area is 132 Å². The monoisotopic (exact) mass is 292 g/mol. The lowest BCUT2D eigenvalue weighted by molar-refractivity contribution is 0.0244. The van der Waals surface area contributed by atoms with Crippen molar-refractivity contribution in [1.82, 2.24) is 10.2 Å². The number of likely N-dealkylation sites (tertiary alicyclic amines) is 1. The minimum atomic E-state index is 0.760. The van der Waals surface area contributed by atoms with Crippen molar-refractivity contribution in [1.29, 1.82) is 0 Å². The fraction of sp³-hybridized carbons (Fsp3) is 1.00. The summed E-state index contributed by atoms with van der Waals surface area (Å²) in [4.78, 5) is 2.87. The predicted octanol–water partition coefficient (Wildman–Crippen LogP) is 4.34. The molecular weight excluding hydrogens is 256 g/mol. The molecule has 2 aliphatic carbocycles. The maximum absolute atomic E-state index is 3.85. The lowest BCUT2D eigenvalue weighted by Gasteiger charge is -2.49. The smallest absolute Gasteiger partial charge is 0.0249 e. The largest absolute Gasteiger partial charge is 0.312 e. The summed E-state index contributed by atoms with van der Waals surface area (Å²) in [6.45, 7) is 6.27. The molecule has 0 radical (unpaired) electrons. The first-order valence-electron chi connectivity index (χ1n) is 9.80. The molecule has 3 rings (SSSR count). The van der Waals surface area contributed by atoms with Gasteiger partial charge in [0.25, 0.3) is 0 Å². The molecule has 2 unspecified atom stereocenters. The molecule has 122 valence electrons. The molecule has 1 N–H and O–H groups in total. The van der Waals surface area contributed by atoms with E-state index in [4.69, 9.17) is 0 Å². The number of hydrogen-bond acceptors (Lipinski definition) is 2. The van der Waals surface area contributed by atoms with Crippen LogP contribution in [0.1, 0.15) is 84.0 Å². The van der Waals surface area contributed by atoms with Crippen LogP contribution < -0.4 is 5.32 Å². The normalized spacial score (nSPS) is 34.1. The van der Waals surface area contributed by atoms with E-state index in [1.54, 1.807) is 0 Å². The highest BCUT2D eigenvalue weighted by Gasteiger charge is 2.39. The molecule has 1 spiro atoms. The van der Waals surface area contributed by atoms with Gasteiger partial charge in [-0.25, -0.2) is 0 Å². The summed E-state index contributed by atoms with van der Waals surface area (Å²) in [5, 5.41) is 3.85. The van der Waals surface area contributed by atoms with E-state index in [-0.39, 0.29) is 0 Å². The van der Waals surface area contributed by atoms with Crippen molar-refractivity contribution in [2.45, 2.75) is 96.1 Å². The minimum absolute atomic E-state index is 0.760. The molecule has 0 aromatic rings. The van der Waals surface area contributed by atoms with Gasteiger partial charge in [0, 0.05) is 12.1 Å². The van der Waals surface area contributed by atoms with E-state index in [1.165, 1.54) is 96.7 Å². The van der Waals surface area contributed by atoms with Crippen molar-refractivity contribution in [3.8, 4) is 0 Å². The van der Waals surface area contributed by atoms with Crippen molar-refractivity contribution in [3.05, 3.63) is 0 Å². The Morgan fingerprint density at radius 1 is 0.905 bits per heavy atom. The second-order valence-electron chi connectivity index (χ2n) is 8.01. The van der Waals surface area contributed by atoms with Crippen LogP contribution >= 0.6 is 0 Å². The first kappa shape index (κ1) is 15.8. The molecule has 2 atom stereocenters. The number of rotatable bonds is 4. The molecule has 0 aromatic heterocycles. The SMILES string of the molecule is CCCNC1CCCCC1N1CCC2(CCCCC2)CC1. The second kappa shape index (κ2) is 7.46. The third-order valence-electron chi connectivity index (χ3n) is 6.63. The van der Waals surface area contributed by atoms with E-state index in [9.17, 15) is 0 Å². The summed E-state index contributed by atoms with van der Waals surface area (Å²) < 4.78 is 0. The fourth-order valence-electron chi connectivity index (χ4n) is 5.25. The van der Waals surface area contributed by atoms with E-state index in [0.717, 1.165) is 17.5 Å². The van der Waals surface area contributed by atoms with E-state index in [0.29, 0.717) is 0 Å². The average molecular weight is 293 g/mol. The van der Waals surface area contributed by atoms with Crippen LogP contribution in [-0.4, -0.2) is 36.6 Å². The highest BCUT2D eigenvalue weighted by atomic mass is 15.2. The third kappa shape index (κ3) is 3.82. The maximum atomic E-state index is 3.85. The summed E-state index contributed by atoms with van der Waals surface area (Å²) in [7, 11) is 0. The lowest BCUT2D eigenvalue weighted by atomic mass is 9.68. The molecule has 2 nitrogen and oxygen atoms in total. The zero-order valence-corrected chi connectivity index (χ0v) is 14.2. The maximum Gasteiger partial charge on any atom is 0.0249 e. The van der Waals surface area contributed by atoms with Gasteiger partial charge in [-0.05, 0) is 70.0 Å². The first-order chi connectivity index (χ1) is 10.3. The zero-order valence-electron chi connectivity index (χ0n) is 14.2. The number of hydrogen-bond donors (Lipinski definition) is 1. The van der Waals surface area contributed by atoms with Gasteiger partial charge in [0.15, 0.2) is 0 Å². The van der Waals surface area contributed by atoms with Crippen LogP contribution in [0.4, 0.5) is 0 Å². The highest BCUT2D eigenvalue weighted by Crippen LogP contribution is 2.45. The third-order valence-corrected chi connectivity index (χ3v) is 6.63. The van der Waals surface area contributed by atoms with Gasteiger partial charge in [0.1, 0.15) is 0 Å². The summed E-state index contributed by atoms with van der Waals surface area (Å²) in [6.07, 6.45) is 17.6. The molecular formula is C19H36N2. The van der Waals surface area contributed by atoms with Crippen molar-refractivity contribution in [3.63, 3.8) is 0 Å².